The number of aliphatic hydroxyl groups is 1. The van der Waals surface area contributed by atoms with E-state index in [2.05, 4.69) is 51.7 Å². The highest BCUT2D eigenvalue weighted by atomic mass is 16.5. The van der Waals surface area contributed by atoms with Gasteiger partial charge >= 0.3 is 0 Å². The van der Waals surface area contributed by atoms with Gasteiger partial charge in [-0.1, -0.05) is 32.8 Å². The van der Waals surface area contributed by atoms with Gasteiger partial charge in [0.25, 0.3) is 0 Å². The topological polar surface area (TPSA) is 41.9 Å². The van der Waals surface area contributed by atoms with Crippen LogP contribution >= 0.6 is 0 Å². The van der Waals surface area contributed by atoms with Crippen LogP contribution in [0.3, 0.4) is 0 Å². The van der Waals surface area contributed by atoms with Crippen molar-refractivity contribution in [1.29, 1.82) is 0 Å². The van der Waals surface area contributed by atoms with Crippen molar-refractivity contribution in [3.63, 3.8) is 0 Å². The minimum Gasteiger partial charge on any atom is -0.490 e. The van der Waals surface area contributed by atoms with Crippen LogP contribution in [0.2, 0.25) is 0 Å². The third kappa shape index (κ3) is 5.70. The van der Waals surface area contributed by atoms with Gasteiger partial charge in [0.2, 0.25) is 0 Å². The largest absolute Gasteiger partial charge is 0.490 e. The number of nitrogens with zero attached hydrogens (tertiary/aromatic N) is 1. The van der Waals surface area contributed by atoms with E-state index in [1.807, 2.05) is 0 Å². The Bertz CT molecular complexity index is 569. The normalized spacial score (nSPS) is 21.8. The average Bonchev–Trinajstić information content (AvgIpc) is 2.79. The number of aryl methyl sites for hydroxylation is 2. The second kappa shape index (κ2) is 9.72. The molecule has 1 saturated heterocycles. The van der Waals surface area contributed by atoms with Crippen LogP contribution in [-0.4, -0.2) is 54.6 Å². The van der Waals surface area contributed by atoms with Gasteiger partial charge in [0.1, 0.15) is 18.0 Å². The first kappa shape index (κ1) is 21.2. The molecule has 0 spiro atoms. The van der Waals surface area contributed by atoms with Crippen molar-refractivity contribution in [2.24, 2.45) is 0 Å². The second-order valence-electron chi connectivity index (χ2n) is 7.97. The lowest BCUT2D eigenvalue weighted by Crippen LogP contribution is -2.51. The number of β-amino-alcohol motifs (C(OH)–C–C–N with tert-alkyl or cyclic N) is 1. The zero-order valence-corrected chi connectivity index (χ0v) is 17.3. The summed E-state index contributed by atoms with van der Waals surface area (Å²) in [5, 5.41) is 11.2. The molecule has 1 aromatic carbocycles. The standard InChI is InChI=1S/C22H37NO3/c1-6-8-20(9-7-2)23-10-11-25-15-22(24,14-23)16-26-21-13-17(3)12-18(4)19(21)5/h12-13,20,24H,6-11,14-16H2,1-5H3. The van der Waals surface area contributed by atoms with E-state index in [4.69, 9.17) is 9.47 Å². The highest BCUT2D eigenvalue weighted by Gasteiger charge is 2.35. The highest BCUT2D eigenvalue weighted by molar-refractivity contribution is 5.42. The lowest BCUT2D eigenvalue weighted by atomic mass is 10.0. The molecule has 0 radical (unpaired) electrons. The summed E-state index contributed by atoms with van der Waals surface area (Å²) in [6.45, 7) is 13.5. The van der Waals surface area contributed by atoms with Gasteiger partial charge in [-0.05, 0) is 56.4 Å². The zero-order chi connectivity index (χ0) is 19.2. The molecule has 1 fully saturated rings. The van der Waals surface area contributed by atoms with Gasteiger partial charge in [-0.15, -0.1) is 0 Å². The minimum absolute atomic E-state index is 0.262. The van der Waals surface area contributed by atoms with Crippen LogP contribution in [0.15, 0.2) is 12.1 Å². The van der Waals surface area contributed by atoms with Crippen LogP contribution < -0.4 is 4.74 Å². The van der Waals surface area contributed by atoms with Crippen LogP contribution in [0.4, 0.5) is 0 Å². The molecule has 0 aliphatic carbocycles. The Kier molecular flexibility index (Phi) is 7.93. The van der Waals surface area contributed by atoms with Crippen molar-refractivity contribution < 1.29 is 14.6 Å². The van der Waals surface area contributed by atoms with Gasteiger partial charge in [0.15, 0.2) is 0 Å². The molecule has 148 valence electrons. The van der Waals surface area contributed by atoms with Crippen molar-refractivity contribution in [2.75, 3.05) is 32.9 Å². The molecular weight excluding hydrogens is 326 g/mol. The summed E-state index contributed by atoms with van der Waals surface area (Å²) >= 11 is 0. The molecule has 0 bridgehead atoms. The Morgan fingerprint density at radius 3 is 2.54 bits per heavy atom. The molecule has 26 heavy (non-hydrogen) atoms. The average molecular weight is 364 g/mol. The van der Waals surface area contributed by atoms with Crippen LogP contribution in [-0.2, 0) is 4.74 Å². The van der Waals surface area contributed by atoms with Crippen molar-refractivity contribution in [3.8, 4) is 5.75 Å². The third-order valence-electron chi connectivity index (χ3n) is 5.41. The maximum Gasteiger partial charge on any atom is 0.134 e. The van der Waals surface area contributed by atoms with Crippen LogP contribution in [0.25, 0.3) is 0 Å². The van der Waals surface area contributed by atoms with Crippen molar-refractivity contribution >= 4 is 0 Å². The van der Waals surface area contributed by atoms with Crippen LogP contribution in [0.5, 0.6) is 5.75 Å². The molecule has 0 saturated carbocycles. The summed E-state index contributed by atoms with van der Waals surface area (Å²) in [5.74, 6) is 0.866. The number of benzene rings is 1. The quantitative estimate of drug-likeness (QED) is 0.757. The number of ether oxygens (including phenoxy) is 2. The van der Waals surface area contributed by atoms with E-state index >= 15 is 0 Å². The molecule has 1 N–H and O–H groups in total. The molecule has 4 heteroatoms. The van der Waals surface area contributed by atoms with E-state index in [0.29, 0.717) is 25.8 Å². The smallest absolute Gasteiger partial charge is 0.134 e. The first-order valence-electron chi connectivity index (χ1n) is 10.1. The van der Waals surface area contributed by atoms with E-state index < -0.39 is 5.60 Å². The van der Waals surface area contributed by atoms with Crippen LogP contribution in [0.1, 0.15) is 56.2 Å². The summed E-state index contributed by atoms with van der Waals surface area (Å²) in [4.78, 5) is 2.41. The molecule has 1 atom stereocenters. The van der Waals surface area contributed by atoms with Crippen molar-refractivity contribution in [3.05, 3.63) is 28.8 Å². The molecule has 1 aliphatic heterocycles. The fraction of sp³-hybridized carbons (Fsp3) is 0.727. The fourth-order valence-electron chi connectivity index (χ4n) is 3.88. The Morgan fingerprint density at radius 1 is 1.19 bits per heavy atom. The van der Waals surface area contributed by atoms with Gasteiger partial charge in [-0.3, -0.25) is 4.90 Å². The molecule has 0 aromatic heterocycles. The fourth-order valence-corrected chi connectivity index (χ4v) is 3.88. The van der Waals surface area contributed by atoms with E-state index in [1.165, 1.54) is 36.8 Å². The van der Waals surface area contributed by atoms with Gasteiger partial charge in [0, 0.05) is 19.1 Å². The molecule has 1 unspecified atom stereocenters. The van der Waals surface area contributed by atoms with Gasteiger partial charge in [-0.2, -0.15) is 0 Å². The first-order chi connectivity index (χ1) is 12.4. The molecule has 1 aliphatic rings. The van der Waals surface area contributed by atoms with E-state index in [0.717, 1.165) is 17.9 Å². The second-order valence-corrected chi connectivity index (χ2v) is 7.97. The Hall–Kier alpha value is -1.10. The van der Waals surface area contributed by atoms with Crippen LogP contribution in [0, 0.1) is 20.8 Å². The third-order valence-corrected chi connectivity index (χ3v) is 5.41. The van der Waals surface area contributed by atoms with E-state index in [9.17, 15) is 5.11 Å². The Labute approximate surface area is 159 Å². The maximum absolute atomic E-state index is 11.2. The summed E-state index contributed by atoms with van der Waals surface area (Å²) in [6, 6.07) is 4.73. The summed E-state index contributed by atoms with van der Waals surface area (Å²) < 4.78 is 11.8. The SMILES string of the molecule is CCCC(CCC)N1CCOCC(O)(COc2cc(C)cc(C)c2C)C1. The molecule has 0 amide bonds. The lowest BCUT2D eigenvalue weighted by molar-refractivity contribution is -0.0677. The maximum atomic E-state index is 11.2. The Balaban J connectivity index is 2.08. The highest BCUT2D eigenvalue weighted by Crippen LogP contribution is 2.26. The molecule has 1 heterocycles. The van der Waals surface area contributed by atoms with Crippen molar-refractivity contribution in [2.45, 2.75) is 71.9 Å². The summed E-state index contributed by atoms with van der Waals surface area (Å²) in [6.07, 6.45) is 4.67. The first-order valence-corrected chi connectivity index (χ1v) is 10.1. The predicted octanol–water partition coefficient (Wildman–Crippen LogP) is 4.02. The number of hydrogen-bond donors (Lipinski definition) is 1. The number of hydrogen-bond acceptors (Lipinski definition) is 4. The molecule has 4 nitrogen and oxygen atoms in total. The van der Waals surface area contributed by atoms with Gasteiger partial charge in [-0.25, -0.2) is 0 Å². The number of rotatable bonds is 8. The molecule has 1 aromatic rings. The monoisotopic (exact) mass is 363 g/mol. The molecule has 2 rings (SSSR count). The summed E-state index contributed by atoms with van der Waals surface area (Å²) in [7, 11) is 0. The van der Waals surface area contributed by atoms with Gasteiger partial charge in [0.05, 0.1) is 13.2 Å². The van der Waals surface area contributed by atoms with E-state index in [-0.39, 0.29) is 6.61 Å². The summed E-state index contributed by atoms with van der Waals surface area (Å²) in [5.41, 5.74) is 2.57. The van der Waals surface area contributed by atoms with Crippen molar-refractivity contribution in [1.82, 2.24) is 4.90 Å². The Morgan fingerprint density at radius 2 is 1.88 bits per heavy atom. The van der Waals surface area contributed by atoms with Gasteiger partial charge < -0.3 is 14.6 Å². The molecular formula is C22H37NO3. The zero-order valence-electron chi connectivity index (χ0n) is 17.3. The minimum atomic E-state index is -0.972. The van der Waals surface area contributed by atoms with E-state index in [1.54, 1.807) is 0 Å². The lowest BCUT2D eigenvalue weighted by Gasteiger charge is -2.35. The predicted molar refractivity (Wildman–Crippen MR) is 107 cm³/mol.